The summed E-state index contributed by atoms with van der Waals surface area (Å²) in [6, 6.07) is 14.7. The molecule has 2 aliphatic heterocycles. The molecule has 2 N–H and O–H groups in total. The number of aromatic amines is 1. The molecule has 3 aromatic carbocycles. The van der Waals surface area contributed by atoms with E-state index in [2.05, 4.69) is 20.3 Å². The van der Waals surface area contributed by atoms with E-state index in [0.717, 1.165) is 55.4 Å². The molecule has 0 bridgehead atoms. The van der Waals surface area contributed by atoms with Gasteiger partial charge >= 0.3 is 6.09 Å². The molecule has 17 heteroatoms. The molecule has 5 aromatic rings. The molecule has 0 unspecified atom stereocenters. The lowest BCUT2D eigenvalue weighted by Gasteiger charge is -2.43. The number of piperidine rings is 1. The number of methoxy groups -OCH3 is 3. The highest BCUT2D eigenvalue weighted by atomic mass is 19.1. The molecule has 4 heterocycles. The number of nitrogens with one attached hydrogen (secondary N) is 2. The number of H-pyrrole nitrogens is 1. The van der Waals surface area contributed by atoms with Crippen LogP contribution < -0.4 is 33.7 Å². The van der Waals surface area contributed by atoms with Crippen LogP contribution in [0.2, 0.25) is 0 Å². The molecule has 16 nitrogen and oxygen atoms in total. The Labute approximate surface area is 394 Å². The maximum absolute atomic E-state index is 15.2. The molecule has 68 heavy (non-hydrogen) atoms. The van der Waals surface area contributed by atoms with Gasteiger partial charge in [0.2, 0.25) is 11.8 Å². The van der Waals surface area contributed by atoms with Crippen molar-refractivity contribution in [2.45, 2.75) is 83.7 Å². The number of benzene rings is 3. The van der Waals surface area contributed by atoms with E-state index in [4.69, 9.17) is 33.5 Å². The smallest absolute Gasteiger partial charge is 0.413 e. The molecule has 4 aliphatic rings. The Morgan fingerprint density at radius 2 is 1.59 bits per heavy atom. The van der Waals surface area contributed by atoms with Crippen molar-refractivity contribution in [2.24, 2.45) is 22.9 Å². The van der Waals surface area contributed by atoms with Crippen molar-refractivity contribution in [1.82, 2.24) is 30.2 Å². The first kappa shape index (κ1) is 46.2. The topological polar surface area (TPSA) is 179 Å². The van der Waals surface area contributed by atoms with Crippen LogP contribution in [0.4, 0.5) is 9.18 Å². The van der Waals surface area contributed by atoms with Crippen LogP contribution in [0.1, 0.15) is 75.1 Å². The van der Waals surface area contributed by atoms with Crippen LogP contribution in [0.25, 0.3) is 22.3 Å². The minimum atomic E-state index is -1.02. The van der Waals surface area contributed by atoms with Crippen LogP contribution in [-0.4, -0.2) is 108 Å². The summed E-state index contributed by atoms with van der Waals surface area (Å²) in [5.41, 5.74) is 4.45. The first-order valence-corrected chi connectivity index (χ1v) is 23.5. The van der Waals surface area contributed by atoms with Gasteiger partial charge in [-0.3, -0.25) is 9.59 Å². The summed E-state index contributed by atoms with van der Waals surface area (Å²) in [6.45, 7) is 5.29. The molecular weight excluding hydrogens is 874 g/mol. The third-order valence-corrected chi connectivity index (χ3v) is 13.5. The number of hydrazone groups is 1. The monoisotopic (exact) mass is 931 g/mol. The summed E-state index contributed by atoms with van der Waals surface area (Å²) in [5, 5.41) is 9.63. The first-order valence-electron chi connectivity index (χ1n) is 23.5. The van der Waals surface area contributed by atoms with Crippen molar-refractivity contribution >= 4 is 34.7 Å². The van der Waals surface area contributed by atoms with Gasteiger partial charge in [-0.05, 0) is 100 Å². The van der Waals surface area contributed by atoms with Gasteiger partial charge in [0.1, 0.15) is 35.1 Å². The summed E-state index contributed by atoms with van der Waals surface area (Å²) in [6.07, 6.45) is 7.43. The Kier molecular flexibility index (Phi) is 13.7. The van der Waals surface area contributed by atoms with E-state index in [0.29, 0.717) is 90.5 Å². The SMILES string of the molecule is CCOc1ccc(C[C@@H](NC(=O)Oc2c(C)[nH]c3c(-c4cc(F)c(OC)cc4OCC4CC4)ncnc23)C(=O)N2CCC(N3N=C(c4ccc(OC)c(OC)c4)[C@H]4CCCC[C@H]4C3=O)CC2)cc1. The van der Waals surface area contributed by atoms with Crippen molar-refractivity contribution in [2.75, 3.05) is 47.6 Å². The molecule has 0 spiro atoms. The summed E-state index contributed by atoms with van der Waals surface area (Å²) in [4.78, 5) is 56.7. The Balaban J connectivity index is 0.942. The largest absolute Gasteiger partial charge is 0.494 e. The van der Waals surface area contributed by atoms with Gasteiger partial charge in [0.25, 0.3) is 0 Å². The highest BCUT2D eigenvalue weighted by Gasteiger charge is 2.44. The highest BCUT2D eigenvalue weighted by molar-refractivity contribution is 6.07. The third kappa shape index (κ3) is 9.60. The lowest BCUT2D eigenvalue weighted by Crippen LogP contribution is -2.56. The van der Waals surface area contributed by atoms with Gasteiger partial charge < -0.3 is 43.6 Å². The number of hydrogen-bond donors (Lipinski definition) is 2. The number of aromatic nitrogens is 3. The van der Waals surface area contributed by atoms with Gasteiger partial charge in [-0.1, -0.05) is 25.0 Å². The summed E-state index contributed by atoms with van der Waals surface area (Å²) in [7, 11) is 4.60. The molecule has 358 valence electrons. The van der Waals surface area contributed by atoms with Crippen molar-refractivity contribution in [3.63, 3.8) is 0 Å². The van der Waals surface area contributed by atoms with E-state index in [1.165, 1.54) is 25.6 Å². The van der Waals surface area contributed by atoms with Gasteiger partial charge in [-0.15, -0.1) is 0 Å². The van der Waals surface area contributed by atoms with Gasteiger partial charge in [-0.25, -0.2) is 24.2 Å². The van der Waals surface area contributed by atoms with Crippen LogP contribution in [0.3, 0.4) is 0 Å². The number of likely N-dealkylation sites (tertiary alicyclic amines) is 1. The van der Waals surface area contributed by atoms with Gasteiger partial charge in [0, 0.05) is 48.5 Å². The minimum absolute atomic E-state index is 0.00566. The zero-order valence-electron chi connectivity index (χ0n) is 39.1. The third-order valence-electron chi connectivity index (χ3n) is 13.5. The Bertz CT molecular complexity index is 2700. The molecule has 1 saturated heterocycles. The standard InChI is InChI=1S/C51H58FN7O9/c1-6-66-34-16-13-30(14-17-34)23-39(56-51(62)68-48-29(2)55-46-45(53-28-54-47(46)48)37-25-38(52)42(64-4)26-41(37)67-27-31-11-12-31)50(61)58-21-19-33(20-22-58)59-49(60)36-10-8-7-9-35(36)44(57-59)32-15-18-40(63-3)43(24-32)65-5/h13-18,24-26,28,31,33,35-36,39,55H,6-12,19-23,27H2,1-5H3,(H,56,62)/t35-,36+,39+/m0/s1. The van der Waals surface area contributed by atoms with Crippen LogP contribution in [0.15, 0.2) is 66.0 Å². The predicted octanol–water partition coefficient (Wildman–Crippen LogP) is 8.03. The number of carbonyl (C=O) groups excluding carboxylic acids is 3. The Morgan fingerprint density at radius 1 is 0.853 bits per heavy atom. The number of carbonyl (C=O) groups is 3. The van der Waals surface area contributed by atoms with Crippen molar-refractivity contribution in [1.29, 1.82) is 0 Å². The summed E-state index contributed by atoms with van der Waals surface area (Å²) in [5.74, 6) is 1.88. The second-order valence-electron chi connectivity index (χ2n) is 17.9. The Morgan fingerprint density at radius 3 is 2.29 bits per heavy atom. The molecule has 2 aromatic heterocycles. The normalized spacial score (nSPS) is 18.9. The molecule has 9 rings (SSSR count). The highest BCUT2D eigenvalue weighted by Crippen LogP contribution is 2.42. The van der Waals surface area contributed by atoms with Crippen LogP contribution in [0, 0.1) is 30.5 Å². The average molecular weight is 932 g/mol. The lowest BCUT2D eigenvalue weighted by molar-refractivity contribution is -0.143. The molecule has 2 saturated carbocycles. The summed E-state index contributed by atoms with van der Waals surface area (Å²) >= 11 is 0. The van der Waals surface area contributed by atoms with Gasteiger partial charge in [0.05, 0.1) is 57.5 Å². The number of ether oxygens (including phenoxy) is 6. The van der Waals surface area contributed by atoms with Crippen LogP contribution >= 0.6 is 0 Å². The quantitative estimate of drug-likeness (QED) is 0.0979. The first-order chi connectivity index (χ1) is 33.1. The lowest BCUT2D eigenvalue weighted by atomic mass is 9.73. The molecule has 3 atom stereocenters. The number of fused-ring (bicyclic) bond motifs is 2. The van der Waals surface area contributed by atoms with Crippen molar-refractivity contribution in [3.8, 4) is 45.8 Å². The molecule has 3 fully saturated rings. The van der Waals surface area contributed by atoms with E-state index in [-0.39, 0.29) is 53.1 Å². The number of hydrogen-bond acceptors (Lipinski definition) is 12. The summed E-state index contributed by atoms with van der Waals surface area (Å²) < 4.78 is 49.4. The molecule has 3 amide bonds. The van der Waals surface area contributed by atoms with E-state index in [9.17, 15) is 14.4 Å². The number of halogens is 1. The fourth-order valence-corrected chi connectivity index (χ4v) is 9.75. The van der Waals surface area contributed by atoms with E-state index in [1.54, 1.807) is 31.1 Å². The van der Waals surface area contributed by atoms with E-state index >= 15 is 4.39 Å². The molecular formula is C51H58FN7O9. The number of nitrogens with zero attached hydrogens (tertiary/aromatic N) is 5. The second kappa shape index (κ2) is 20.1. The van der Waals surface area contributed by atoms with Gasteiger partial charge in [0.15, 0.2) is 28.8 Å². The average Bonchev–Trinajstić information content (AvgIpc) is 4.15. The van der Waals surface area contributed by atoms with Crippen molar-refractivity contribution < 1.29 is 47.2 Å². The minimum Gasteiger partial charge on any atom is -0.494 e. The molecule has 0 radical (unpaired) electrons. The molecule has 2 aliphatic carbocycles. The second-order valence-corrected chi connectivity index (χ2v) is 17.9. The zero-order chi connectivity index (χ0) is 47.5. The maximum atomic E-state index is 15.2. The fourth-order valence-electron chi connectivity index (χ4n) is 9.75. The number of aryl methyl sites for hydroxylation is 1. The number of amides is 3. The van der Waals surface area contributed by atoms with Gasteiger partial charge in [-0.2, -0.15) is 5.10 Å². The van der Waals surface area contributed by atoms with E-state index in [1.807, 2.05) is 49.4 Å². The predicted molar refractivity (Wildman–Crippen MR) is 251 cm³/mol. The van der Waals surface area contributed by atoms with Crippen LogP contribution in [0.5, 0.6) is 34.5 Å². The fraction of sp³-hybridized carbons (Fsp3) is 0.451. The van der Waals surface area contributed by atoms with Crippen molar-refractivity contribution in [3.05, 3.63) is 83.6 Å². The van der Waals surface area contributed by atoms with Crippen LogP contribution in [-0.2, 0) is 16.0 Å². The van der Waals surface area contributed by atoms with E-state index < -0.39 is 18.0 Å². The maximum Gasteiger partial charge on any atom is 0.413 e. The number of rotatable bonds is 16. The zero-order valence-corrected chi connectivity index (χ0v) is 39.1. The Hall–Kier alpha value is -6.91.